The Morgan fingerprint density at radius 1 is 1.33 bits per heavy atom. The van der Waals surface area contributed by atoms with E-state index >= 15 is 0 Å². The Hall–Kier alpha value is -1.40. The molecule has 4 nitrogen and oxygen atoms in total. The second-order valence-electron chi connectivity index (χ2n) is 4.28. The molecule has 98 valence electrons. The van der Waals surface area contributed by atoms with E-state index in [1.165, 1.54) is 20.2 Å². The molecule has 1 aromatic carbocycles. The molecule has 1 heterocycles. The number of fused-ring (bicyclic) bond motifs is 1. The van der Waals surface area contributed by atoms with Crippen molar-refractivity contribution in [3.8, 4) is 0 Å². The maximum Gasteiger partial charge on any atom is 0.258 e. The molecule has 0 amide bonds. The van der Waals surface area contributed by atoms with Gasteiger partial charge in [0, 0.05) is 19.5 Å². The standard InChI is InChI=1S/C12H15FN2O2S/c1-4-8-5-6-9-7-10(14-12(9)11(8)13)18(16,17)15(2)3/h5-7,14H,4H2,1-3H3. The summed E-state index contributed by atoms with van der Waals surface area (Å²) in [6.45, 7) is 1.85. The van der Waals surface area contributed by atoms with Crippen LogP contribution in [-0.4, -0.2) is 31.8 Å². The van der Waals surface area contributed by atoms with Crippen LogP contribution >= 0.6 is 0 Å². The Morgan fingerprint density at radius 2 is 2.00 bits per heavy atom. The third-order valence-corrected chi connectivity index (χ3v) is 4.67. The van der Waals surface area contributed by atoms with Gasteiger partial charge in [-0.15, -0.1) is 0 Å². The van der Waals surface area contributed by atoms with Gasteiger partial charge in [0.25, 0.3) is 10.0 Å². The highest BCUT2D eigenvalue weighted by atomic mass is 32.2. The highest BCUT2D eigenvalue weighted by molar-refractivity contribution is 7.89. The highest BCUT2D eigenvalue weighted by Crippen LogP contribution is 2.25. The van der Waals surface area contributed by atoms with E-state index in [-0.39, 0.29) is 16.4 Å². The second-order valence-corrected chi connectivity index (χ2v) is 6.40. The molecule has 0 aliphatic heterocycles. The third kappa shape index (κ3) is 1.91. The van der Waals surface area contributed by atoms with Crippen molar-refractivity contribution in [2.24, 2.45) is 0 Å². The van der Waals surface area contributed by atoms with Crippen molar-refractivity contribution in [2.45, 2.75) is 18.4 Å². The first kappa shape index (κ1) is 13.0. The fourth-order valence-corrected chi connectivity index (χ4v) is 2.69. The Kier molecular flexibility index (Phi) is 3.16. The van der Waals surface area contributed by atoms with Gasteiger partial charge in [-0.25, -0.2) is 17.1 Å². The summed E-state index contributed by atoms with van der Waals surface area (Å²) in [6.07, 6.45) is 0.566. The lowest BCUT2D eigenvalue weighted by atomic mass is 10.1. The van der Waals surface area contributed by atoms with Gasteiger partial charge in [0.2, 0.25) is 0 Å². The predicted molar refractivity (Wildman–Crippen MR) is 68.5 cm³/mol. The predicted octanol–water partition coefficient (Wildman–Crippen LogP) is 2.12. The lowest BCUT2D eigenvalue weighted by Crippen LogP contribution is -2.22. The summed E-state index contributed by atoms with van der Waals surface area (Å²) >= 11 is 0. The zero-order valence-electron chi connectivity index (χ0n) is 10.5. The number of benzene rings is 1. The molecule has 1 aromatic heterocycles. The highest BCUT2D eigenvalue weighted by Gasteiger charge is 2.21. The molecule has 0 saturated carbocycles. The van der Waals surface area contributed by atoms with E-state index in [4.69, 9.17) is 0 Å². The molecular weight excluding hydrogens is 255 g/mol. The quantitative estimate of drug-likeness (QED) is 0.928. The molecule has 2 rings (SSSR count). The lowest BCUT2D eigenvalue weighted by molar-refractivity contribution is 0.517. The van der Waals surface area contributed by atoms with Crippen molar-refractivity contribution in [3.63, 3.8) is 0 Å². The Balaban J connectivity index is 2.69. The summed E-state index contributed by atoms with van der Waals surface area (Å²) in [7, 11) is -0.686. The van der Waals surface area contributed by atoms with Crippen LogP contribution < -0.4 is 0 Å². The SMILES string of the molecule is CCc1ccc2cc(S(=O)(=O)N(C)C)[nH]c2c1F. The molecule has 2 aromatic rings. The van der Waals surface area contributed by atoms with Crippen molar-refractivity contribution in [2.75, 3.05) is 14.1 Å². The van der Waals surface area contributed by atoms with Gasteiger partial charge >= 0.3 is 0 Å². The van der Waals surface area contributed by atoms with Crippen LogP contribution in [0.4, 0.5) is 4.39 Å². The zero-order chi connectivity index (χ0) is 13.5. The summed E-state index contributed by atoms with van der Waals surface area (Å²) in [5.74, 6) is -0.379. The smallest absolute Gasteiger partial charge is 0.258 e. The fraction of sp³-hybridized carbons (Fsp3) is 0.333. The van der Waals surface area contributed by atoms with Crippen LogP contribution in [-0.2, 0) is 16.4 Å². The number of aromatic nitrogens is 1. The van der Waals surface area contributed by atoms with Crippen LogP contribution in [0, 0.1) is 5.82 Å². The van der Waals surface area contributed by atoms with Crippen molar-refractivity contribution in [1.29, 1.82) is 0 Å². The number of nitrogens with one attached hydrogen (secondary N) is 1. The minimum Gasteiger partial charge on any atom is -0.342 e. The van der Waals surface area contributed by atoms with Gasteiger partial charge < -0.3 is 4.98 Å². The molecule has 18 heavy (non-hydrogen) atoms. The first-order chi connectivity index (χ1) is 8.37. The first-order valence-electron chi connectivity index (χ1n) is 5.60. The lowest BCUT2D eigenvalue weighted by Gasteiger charge is -2.08. The van der Waals surface area contributed by atoms with Gasteiger partial charge in [0.05, 0.1) is 5.52 Å². The van der Waals surface area contributed by atoms with Gasteiger partial charge in [-0.3, -0.25) is 0 Å². The molecule has 0 radical (unpaired) electrons. The summed E-state index contributed by atoms with van der Waals surface area (Å²) in [4.78, 5) is 2.66. The van der Waals surface area contributed by atoms with Crippen LogP contribution in [0.2, 0.25) is 0 Å². The van der Waals surface area contributed by atoms with Crippen LogP contribution in [0.15, 0.2) is 23.2 Å². The normalized spacial score (nSPS) is 12.5. The number of H-pyrrole nitrogens is 1. The van der Waals surface area contributed by atoms with Crippen molar-refractivity contribution < 1.29 is 12.8 Å². The summed E-state index contributed by atoms with van der Waals surface area (Å²) in [5.41, 5.74) is 0.813. The Labute approximate surface area is 105 Å². The third-order valence-electron chi connectivity index (χ3n) is 2.93. The van der Waals surface area contributed by atoms with Gasteiger partial charge in [-0.1, -0.05) is 19.1 Å². The number of halogens is 1. The van der Waals surface area contributed by atoms with Gasteiger partial charge in [-0.2, -0.15) is 0 Å². The van der Waals surface area contributed by atoms with E-state index in [2.05, 4.69) is 4.98 Å². The Bertz CT molecular complexity index is 689. The average molecular weight is 270 g/mol. The van der Waals surface area contributed by atoms with E-state index in [0.29, 0.717) is 17.4 Å². The summed E-state index contributed by atoms with van der Waals surface area (Å²) in [6, 6.07) is 4.85. The molecule has 6 heteroatoms. The van der Waals surface area contributed by atoms with Crippen molar-refractivity contribution in [3.05, 3.63) is 29.6 Å². The maximum absolute atomic E-state index is 14.0. The molecule has 0 unspecified atom stereocenters. The zero-order valence-corrected chi connectivity index (χ0v) is 11.3. The second kappa shape index (κ2) is 4.37. The fourth-order valence-electron chi connectivity index (χ4n) is 1.79. The number of sulfonamides is 1. The molecule has 0 bridgehead atoms. The van der Waals surface area contributed by atoms with Crippen LogP contribution in [0.5, 0.6) is 0 Å². The molecule has 0 atom stereocenters. The molecule has 0 fully saturated rings. The largest absolute Gasteiger partial charge is 0.342 e. The maximum atomic E-state index is 14.0. The minimum atomic E-state index is -3.56. The van der Waals surface area contributed by atoms with Crippen molar-refractivity contribution in [1.82, 2.24) is 9.29 Å². The first-order valence-corrected chi connectivity index (χ1v) is 7.04. The number of aryl methyl sites for hydroxylation is 1. The Morgan fingerprint density at radius 3 is 2.56 bits per heavy atom. The van der Waals surface area contributed by atoms with Crippen molar-refractivity contribution >= 4 is 20.9 Å². The molecular formula is C12H15FN2O2S. The van der Waals surface area contributed by atoms with E-state index in [1.807, 2.05) is 6.92 Å². The monoisotopic (exact) mass is 270 g/mol. The average Bonchev–Trinajstić information content (AvgIpc) is 2.74. The molecule has 1 N–H and O–H groups in total. The number of rotatable bonds is 3. The number of aromatic amines is 1. The summed E-state index contributed by atoms with van der Waals surface area (Å²) in [5, 5.41) is 0.569. The van der Waals surface area contributed by atoms with E-state index < -0.39 is 10.0 Å². The number of hydrogen-bond acceptors (Lipinski definition) is 2. The molecule has 0 spiro atoms. The van der Waals surface area contributed by atoms with Gasteiger partial charge in [0.15, 0.2) is 0 Å². The topological polar surface area (TPSA) is 53.2 Å². The van der Waals surface area contributed by atoms with Crippen LogP contribution in [0.25, 0.3) is 10.9 Å². The van der Waals surface area contributed by atoms with Crippen LogP contribution in [0.3, 0.4) is 0 Å². The van der Waals surface area contributed by atoms with Gasteiger partial charge in [-0.05, 0) is 18.1 Å². The molecule has 0 aliphatic carbocycles. The minimum absolute atomic E-state index is 0.00894. The van der Waals surface area contributed by atoms with Crippen LogP contribution in [0.1, 0.15) is 12.5 Å². The summed E-state index contributed by atoms with van der Waals surface area (Å²) < 4.78 is 39.0. The molecule has 0 aliphatic rings. The van der Waals surface area contributed by atoms with Gasteiger partial charge in [0.1, 0.15) is 10.8 Å². The molecule has 0 saturated heterocycles. The van der Waals surface area contributed by atoms with E-state index in [9.17, 15) is 12.8 Å². The van der Waals surface area contributed by atoms with E-state index in [0.717, 1.165) is 4.31 Å². The number of hydrogen-bond donors (Lipinski definition) is 1. The number of nitrogens with zero attached hydrogens (tertiary/aromatic N) is 1. The van der Waals surface area contributed by atoms with E-state index in [1.54, 1.807) is 12.1 Å².